The van der Waals surface area contributed by atoms with Crippen molar-refractivity contribution in [2.45, 2.75) is 13.8 Å². The lowest BCUT2D eigenvalue weighted by molar-refractivity contribution is -0.139. The summed E-state index contributed by atoms with van der Waals surface area (Å²) in [7, 11) is 0. The number of benzene rings is 2. The maximum atomic E-state index is 11.1. The highest BCUT2D eigenvalue weighted by Crippen LogP contribution is 2.28. The minimum absolute atomic E-state index is 0.0929. The average molecular weight is 591 g/mol. The van der Waals surface area contributed by atoms with Crippen LogP contribution in [0.3, 0.4) is 0 Å². The molecule has 0 atom stereocenters. The summed E-state index contributed by atoms with van der Waals surface area (Å²) in [5, 5.41) is 0. The fourth-order valence-corrected chi connectivity index (χ4v) is 3.97. The largest absolute Gasteiger partial charge is 0.462 e. The molecule has 0 radical (unpaired) electrons. The molecule has 0 aliphatic rings. The lowest BCUT2D eigenvalue weighted by atomic mass is 9.94. The average Bonchev–Trinajstić information content (AvgIpc) is 3.69. The quantitative estimate of drug-likeness (QED) is 0.0886. The number of hydrogen-bond acceptors (Lipinski definition) is 8. The van der Waals surface area contributed by atoms with E-state index in [1.54, 1.807) is 24.3 Å². The second-order valence-corrected chi connectivity index (χ2v) is 9.24. The van der Waals surface area contributed by atoms with Gasteiger partial charge in [-0.1, -0.05) is 37.1 Å². The van der Waals surface area contributed by atoms with E-state index >= 15 is 0 Å². The van der Waals surface area contributed by atoms with Crippen molar-refractivity contribution in [2.75, 3.05) is 26.4 Å². The summed E-state index contributed by atoms with van der Waals surface area (Å²) in [4.78, 5) is 22.1. The fraction of sp³-hybridized carbons (Fsp3) is 0.167. The van der Waals surface area contributed by atoms with Crippen LogP contribution in [0.4, 0.5) is 0 Å². The maximum Gasteiger partial charge on any atom is 0.330 e. The van der Waals surface area contributed by atoms with Crippen molar-refractivity contribution in [3.05, 3.63) is 120 Å². The molecular formula is C36H30O8. The van der Waals surface area contributed by atoms with Crippen LogP contribution in [-0.4, -0.2) is 38.4 Å². The molecule has 0 saturated heterocycles. The summed E-state index contributed by atoms with van der Waals surface area (Å²) in [5.41, 5.74) is 6.06. The third-order valence-electron chi connectivity index (χ3n) is 6.04. The van der Waals surface area contributed by atoms with Crippen LogP contribution in [0.2, 0.25) is 0 Å². The van der Waals surface area contributed by atoms with Crippen LogP contribution in [0.15, 0.2) is 94.8 Å². The van der Waals surface area contributed by atoms with E-state index in [0.29, 0.717) is 23.4 Å². The van der Waals surface area contributed by atoms with Gasteiger partial charge >= 0.3 is 11.9 Å². The van der Waals surface area contributed by atoms with Gasteiger partial charge in [-0.3, -0.25) is 0 Å². The first-order valence-corrected chi connectivity index (χ1v) is 13.6. The third-order valence-corrected chi connectivity index (χ3v) is 6.04. The van der Waals surface area contributed by atoms with E-state index < -0.39 is 11.9 Å². The van der Waals surface area contributed by atoms with E-state index in [9.17, 15) is 9.59 Å². The van der Waals surface area contributed by atoms with Gasteiger partial charge in [0.2, 0.25) is 0 Å². The third kappa shape index (κ3) is 9.07. The van der Waals surface area contributed by atoms with Crippen molar-refractivity contribution in [1.29, 1.82) is 0 Å². The molecule has 4 aromatic rings. The summed E-state index contributed by atoms with van der Waals surface area (Å²) in [6.45, 7) is 11.3. The molecule has 8 heteroatoms. The van der Waals surface area contributed by atoms with Gasteiger partial charge in [0.25, 0.3) is 11.9 Å². The number of hydrogen-bond donors (Lipinski definition) is 0. The predicted molar refractivity (Wildman–Crippen MR) is 164 cm³/mol. The van der Waals surface area contributed by atoms with Crippen molar-refractivity contribution in [1.82, 2.24) is 0 Å². The Balaban J connectivity index is 1.34. The van der Waals surface area contributed by atoms with Crippen LogP contribution >= 0.6 is 0 Å². The van der Waals surface area contributed by atoms with E-state index in [0.717, 1.165) is 45.5 Å². The zero-order valence-electron chi connectivity index (χ0n) is 24.4. The SMILES string of the molecule is C=CC(=O)OCCOc1ccc(C#Cc2ccc(-c3ccc(C#Cc4ccc(OCCOC(=O)C=C)o4)cc3C)c(C)c2)o1. The van der Waals surface area contributed by atoms with E-state index in [1.807, 2.05) is 38.1 Å². The fourth-order valence-electron chi connectivity index (χ4n) is 3.97. The zero-order chi connectivity index (χ0) is 31.3. The lowest BCUT2D eigenvalue weighted by Crippen LogP contribution is -2.09. The summed E-state index contributed by atoms with van der Waals surface area (Å²) in [5.74, 6) is 12.8. The second kappa shape index (κ2) is 15.4. The molecule has 0 aliphatic carbocycles. The van der Waals surface area contributed by atoms with Crippen LogP contribution < -0.4 is 9.47 Å². The molecule has 0 fully saturated rings. The number of carbonyl (C=O) groups is 2. The Morgan fingerprint density at radius 2 is 1.07 bits per heavy atom. The van der Waals surface area contributed by atoms with Crippen LogP contribution in [0.1, 0.15) is 33.8 Å². The lowest BCUT2D eigenvalue weighted by Gasteiger charge is -2.10. The smallest absolute Gasteiger partial charge is 0.330 e. The highest BCUT2D eigenvalue weighted by atomic mass is 16.6. The van der Waals surface area contributed by atoms with Crippen molar-refractivity contribution in [3.63, 3.8) is 0 Å². The number of ether oxygens (including phenoxy) is 4. The van der Waals surface area contributed by atoms with Crippen LogP contribution in [-0.2, 0) is 19.1 Å². The first-order valence-electron chi connectivity index (χ1n) is 13.6. The Bertz CT molecular complexity index is 1650. The predicted octanol–water partition coefficient (Wildman–Crippen LogP) is 6.17. The highest BCUT2D eigenvalue weighted by Gasteiger charge is 2.08. The Kier molecular flexibility index (Phi) is 10.9. The number of rotatable bonds is 11. The molecule has 0 unspecified atom stereocenters. The van der Waals surface area contributed by atoms with Crippen molar-refractivity contribution in [2.24, 2.45) is 0 Å². The highest BCUT2D eigenvalue weighted by molar-refractivity contribution is 5.81. The van der Waals surface area contributed by atoms with Gasteiger partial charge in [-0.15, -0.1) is 0 Å². The summed E-state index contributed by atoms with van der Waals surface area (Å²) in [6, 6.07) is 18.9. The molecular weight excluding hydrogens is 560 g/mol. The molecule has 0 amide bonds. The van der Waals surface area contributed by atoms with Gasteiger partial charge in [0.15, 0.2) is 11.5 Å². The van der Waals surface area contributed by atoms with Gasteiger partial charge in [0.1, 0.15) is 26.4 Å². The Morgan fingerprint density at radius 3 is 1.45 bits per heavy atom. The van der Waals surface area contributed by atoms with Crippen LogP contribution in [0.25, 0.3) is 11.1 Å². The van der Waals surface area contributed by atoms with Gasteiger partial charge < -0.3 is 27.8 Å². The topological polar surface area (TPSA) is 97.3 Å². The monoisotopic (exact) mass is 590 g/mol. The summed E-state index contributed by atoms with van der Waals surface area (Å²) >= 11 is 0. The first kappa shape index (κ1) is 31.1. The first-order chi connectivity index (χ1) is 21.3. The molecule has 0 saturated carbocycles. The van der Waals surface area contributed by atoms with Crippen LogP contribution in [0.5, 0.6) is 11.9 Å². The Labute approximate surface area is 255 Å². The van der Waals surface area contributed by atoms with Gasteiger partial charge in [-0.25, -0.2) is 9.59 Å². The molecule has 0 N–H and O–H groups in total. The molecule has 0 spiro atoms. The van der Waals surface area contributed by atoms with Gasteiger partial charge in [-0.2, -0.15) is 0 Å². The van der Waals surface area contributed by atoms with E-state index in [-0.39, 0.29) is 26.4 Å². The minimum atomic E-state index is -0.505. The number of furan rings is 2. The molecule has 2 aromatic heterocycles. The van der Waals surface area contributed by atoms with Gasteiger partial charge in [0.05, 0.1) is 0 Å². The zero-order valence-corrected chi connectivity index (χ0v) is 24.4. The van der Waals surface area contributed by atoms with Crippen molar-refractivity contribution < 1.29 is 37.4 Å². The second-order valence-electron chi connectivity index (χ2n) is 9.24. The Morgan fingerprint density at radius 1 is 0.636 bits per heavy atom. The Hall–Kier alpha value is -5.86. The molecule has 2 heterocycles. The summed E-state index contributed by atoms with van der Waals surface area (Å²) in [6.07, 6.45) is 2.19. The molecule has 0 aliphatic heterocycles. The van der Waals surface area contributed by atoms with Crippen LogP contribution in [0, 0.1) is 37.5 Å². The number of aryl methyl sites for hydroxylation is 2. The molecule has 2 aromatic carbocycles. The molecule has 44 heavy (non-hydrogen) atoms. The number of esters is 2. The number of carbonyl (C=O) groups excluding carboxylic acids is 2. The van der Waals surface area contributed by atoms with Gasteiger partial charge in [-0.05, 0) is 84.3 Å². The molecule has 8 nitrogen and oxygen atoms in total. The summed E-state index contributed by atoms with van der Waals surface area (Å²) < 4.78 is 31.7. The van der Waals surface area contributed by atoms with E-state index in [1.165, 1.54) is 0 Å². The van der Waals surface area contributed by atoms with E-state index in [2.05, 4.69) is 49.0 Å². The van der Waals surface area contributed by atoms with Crippen molar-refractivity contribution >= 4 is 11.9 Å². The molecule has 4 rings (SSSR count). The molecule has 0 bridgehead atoms. The normalized spacial score (nSPS) is 9.95. The molecule has 222 valence electrons. The van der Waals surface area contributed by atoms with Crippen molar-refractivity contribution in [3.8, 4) is 46.7 Å². The van der Waals surface area contributed by atoms with E-state index in [4.69, 9.17) is 27.8 Å². The maximum absolute atomic E-state index is 11.1. The standard InChI is InChI=1S/C36H30O8/c1-5-33(37)39-19-21-41-35-17-13-29(43-35)11-7-27-9-15-31(25(3)23-27)32-16-10-28(24-26(32)4)8-12-30-14-18-36(44-30)42-22-20-40-34(38)6-2/h5-6,9-10,13-18,23-24H,1-2,19-22H2,3-4H3. The minimum Gasteiger partial charge on any atom is -0.462 e. The van der Waals surface area contributed by atoms with Gasteiger partial charge in [0, 0.05) is 35.4 Å².